The first kappa shape index (κ1) is 13.6. The van der Waals surface area contributed by atoms with Crippen LogP contribution in [0.15, 0.2) is 0 Å². The van der Waals surface area contributed by atoms with Crippen molar-refractivity contribution in [2.45, 2.75) is 44.1 Å². The fourth-order valence-corrected chi connectivity index (χ4v) is 3.19. The largest absolute Gasteiger partial charge is 0.469 e. The average Bonchev–Trinajstić information content (AvgIpc) is 2.38. The van der Waals surface area contributed by atoms with Crippen LogP contribution >= 0.6 is 0 Å². The minimum absolute atomic E-state index is 0.351. The number of ether oxygens (including phenoxy) is 4. The molecule has 8 heteroatoms. The molecule has 0 spiro atoms. The summed E-state index contributed by atoms with van der Waals surface area (Å²) in [6, 6.07) is -0.898. The van der Waals surface area contributed by atoms with Crippen LogP contribution in [0.4, 0.5) is 4.79 Å². The Morgan fingerprint density at radius 1 is 1.50 bits per heavy atom. The molecule has 3 aliphatic heterocycles. The summed E-state index contributed by atoms with van der Waals surface area (Å²) in [7, 11) is 1.31. The van der Waals surface area contributed by atoms with E-state index in [1.165, 1.54) is 7.11 Å². The van der Waals surface area contributed by atoms with Crippen LogP contribution in [-0.2, 0) is 23.7 Å². The molecule has 6 atom stereocenters. The van der Waals surface area contributed by atoms with Gasteiger partial charge in [0.15, 0.2) is 12.0 Å². The van der Waals surface area contributed by atoms with E-state index in [0.717, 1.165) is 0 Å². The molecule has 20 heavy (non-hydrogen) atoms. The fourth-order valence-electron chi connectivity index (χ4n) is 3.19. The van der Waals surface area contributed by atoms with Gasteiger partial charge in [-0.15, -0.1) is 0 Å². The molecule has 0 aromatic rings. The Balaban J connectivity index is 1.96. The topological polar surface area (TPSA) is 95.1 Å². The van der Waals surface area contributed by atoms with Crippen molar-refractivity contribution in [2.75, 3.05) is 13.7 Å². The van der Waals surface area contributed by atoms with Gasteiger partial charge in [-0.3, -0.25) is 4.79 Å². The summed E-state index contributed by atoms with van der Waals surface area (Å²) in [5.74, 6) is -1.14. The summed E-state index contributed by atoms with van der Waals surface area (Å²) in [5, 5.41) is 5.40. The second kappa shape index (κ2) is 4.57. The molecule has 3 saturated heterocycles. The summed E-state index contributed by atoms with van der Waals surface area (Å²) in [5.41, 5.74) is -1.13. The van der Waals surface area contributed by atoms with Gasteiger partial charge in [-0.25, -0.2) is 4.79 Å². The third-order valence-corrected chi connectivity index (χ3v) is 4.03. The molecule has 3 fully saturated rings. The summed E-state index contributed by atoms with van der Waals surface area (Å²) in [4.78, 5) is 23.8. The van der Waals surface area contributed by atoms with Crippen LogP contribution in [-0.4, -0.2) is 56.0 Å². The summed E-state index contributed by atoms with van der Waals surface area (Å²) < 4.78 is 21.8. The first-order chi connectivity index (χ1) is 9.44. The van der Waals surface area contributed by atoms with Crippen molar-refractivity contribution < 1.29 is 28.5 Å². The predicted octanol–water partition coefficient (Wildman–Crippen LogP) is -0.667. The highest BCUT2D eigenvalue weighted by molar-refractivity contribution is 5.83. The molecule has 3 heterocycles. The Bertz CT molecular complexity index is 444. The van der Waals surface area contributed by atoms with E-state index >= 15 is 0 Å². The Labute approximate surface area is 116 Å². The first-order valence-corrected chi connectivity index (χ1v) is 6.56. The number of rotatable bonds is 1. The van der Waals surface area contributed by atoms with Crippen LogP contribution in [0, 0.1) is 5.92 Å². The lowest BCUT2D eigenvalue weighted by atomic mass is 9.79. The fraction of sp³-hybridized carbons (Fsp3) is 0.833. The molecule has 2 amide bonds. The van der Waals surface area contributed by atoms with Crippen molar-refractivity contribution in [3.05, 3.63) is 0 Å². The number of urea groups is 1. The molecule has 0 saturated carbocycles. The zero-order valence-corrected chi connectivity index (χ0v) is 11.5. The molecule has 0 radical (unpaired) electrons. The number of carbonyl (C=O) groups is 2. The number of fused-ring (bicyclic) bond motifs is 4. The Morgan fingerprint density at radius 2 is 2.25 bits per heavy atom. The molecule has 112 valence electrons. The minimum Gasteiger partial charge on any atom is -0.469 e. The number of methoxy groups -OCH3 is 1. The van der Waals surface area contributed by atoms with Gasteiger partial charge in [-0.05, 0) is 13.8 Å². The highest BCUT2D eigenvalue weighted by Gasteiger charge is 2.61. The summed E-state index contributed by atoms with van der Waals surface area (Å²) in [6.45, 7) is 3.78. The lowest BCUT2D eigenvalue weighted by molar-refractivity contribution is -0.318. The van der Waals surface area contributed by atoms with Crippen LogP contribution in [0.25, 0.3) is 0 Å². The standard InChI is InChI=1S/C12H18N2O6/c1-5-18-4-6-9(19-5)8-7(10(15)17-3)12(2,20-6)14-11(16)13-8/h5-9H,4H2,1-3H3,(H2,13,14,16)/t5-,6+,7?,8-,9-,12-/m0/s1. The Hall–Kier alpha value is -1.38. The average molecular weight is 286 g/mol. The lowest BCUT2D eigenvalue weighted by Gasteiger charge is -2.55. The van der Waals surface area contributed by atoms with Gasteiger partial charge in [0.05, 0.1) is 19.8 Å². The van der Waals surface area contributed by atoms with Gasteiger partial charge in [0.1, 0.15) is 18.1 Å². The zero-order chi connectivity index (χ0) is 14.5. The smallest absolute Gasteiger partial charge is 0.317 e. The van der Waals surface area contributed by atoms with Crippen LogP contribution in [0.2, 0.25) is 0 Å². The van der Waals surface area contributed by atoms with E-state index in [2.05, 4.69) is 10.6 Å². The maximum atomic E-state index is 12.1. The van der Waals surface area contributed by atoms with E-state index in [9.17, 15) is 9.59 Å². The second-order valence-electron chi connectivity index (χ2n) is 5.39. The number of hydrogen-bond donors (Lipinski definition) is 2. The van der Waals surface area contributed by atoms with E-state index in [0.29, 0.717) is 6.61 Å². The van der Waals surface area contributed by atoms with Gasteiger partial charge in [-0.1, -0.05) is 0 Å². The number of nitrogens with one attached hydrogen (secondary N) is 2. The van der Waals surface area contributed by atoms with Gasteiger partial charge in [-0.2, -0.15) is 0 Å². The molecular weight excluding hydrogens is 268 g/mol. The molecule has 8 nitrogen and oxygen atoms in total. The van der Waals surface area contributed by atoms with Crippen LogP contribution < -0.4 is 10.6 Å². The first-order valence-electron chi connectivity index (χ1n) is 6.56. The maximum absolute atomic E-state index is 12.1. The molecule has 2 N–H and O–H groups in total. The molecule has 2 bridgehead atoms. The van der Waals surface area contributed by atoms with Crippen LogP contribution in [0.5, 0.6) is 0 Å². The molecule has 0 aromatic heterocycles. The molecule has 3 aliphatic rings. The molecule has 0 aliphatic carbocycles. The highest BCUT2D eigenvalue weighted by Crippen LogP contribution is 2.39. The van der Waals surface area contributed by atoms with E-state index in [1.54, 1.807) is 13.8 Å². The maximum Gasteiger partial charge on any atom is 0.317 e. The van der Waals surface area contributed by atoms with Crippen LogP contribution in [0.1, 0.15) is 13.8 Å². The van der Waals surface area contributed by atoms with E-state index in [-0.39, 0.29) is 12.1 Å². The van der Waals surface area contributed by atoms with Crippen molar-refractivity contribution in [1.29, 1.82) is 0 Å². The normalized spacial score (nSPS) is 46.8. The van der Waals surface area contributed by atoms with Crippen molar-refractivity contribution in [2.24, 2.45) is 5.92 Å². The summed E-state index contributed by atoms with van der Waals surface area (Å²) >= 11 is 0. The number of esters is 1. The lowest BCUT2D eigenvalue weighted by Crippen LogP contribution is -2.79. The third kappa shape index (κ3) is 1.95. The number of carbonyl (C=O) groups excluding carboxylic acids is 2. The van der Waals surface area contributed by atoms with E-state index in [1.807, 2.05) is 0 Å². The molecule has 1 unspecified atom stereocenters. The van der Waals surface area contributed by atoms with Gasteiger partial charge >= 0.3 is 12.0 Å². The monoisotopic (exact) mass is 286 g/mol. The highest BCUT2D eigenvalue weighted by atomic mass is 16.7. The molecular formula is C12H18N2O6. The van der Waals surface area contributed by atoms with Crippen molar-refractivity contribution in [1.82, 2.24) is 10.6 Å². The van der Waals surface area contributed by atoms with Gasteiger partial charge < -0.3 is 29.6 Å². The Kier molecular flexibility index (Phi) is 3.11. The van der Waals surface area contributed by atoms with E-state index < -0.39 is 36.0 Å². The predicted molar refractivity (Wildman–Crippen MR) is 64.5 cm³/mol. The molecule has 3 rings (SSSR count). The number of amides is 2. The van der Waals surface area contributed by atoms with Gasteiger partial charge in [0.2, 0.25) is 0 Å². The van der Waals surface area contributed by atoms with E-state index in [4.69, 9.17) is 18.9 Å². The van der Waals surface area contributed by atoms with Gasteiger partial charge in [0, 0.05) is 0 Å². The third-order valence-electron chi connectivity index (χ3n) is 4.03. The quantitative estimate of drug-likeness (QED) is 0.621. The number of hydrogen-bond acceptors (Lipinski definition) is 6. The van der Waals surface area contributed by atoms with Crippen LogP contribution in [0.3, 0.4) is 0 Å². The Morgan fingerprint density at radius 3 is 2.95 bits per heavy atom. The van der Waals surface area contributed by atoms with Gasteiger partial charge in [0.25, 0.3) is 0 Å². The molecule has 0 aromatic carbocycles. The zero-order valence-electron chi connectivity index (χ0n) is 11.5. The van der Waals surface area contributed by atoms with Crippen molar-refractivity contribution >= 4 is 12.0 Å². The van der Waals surface area contributed by atoms with Crippen molar-refractivity contribution in [3.63, 3.8) is 0 Å². The minimum atomic E-state index is -1.13. The second-order valence-corrected chi connectivity index (χ2v) is 5.39. The van der Waals surface area contributed by atoms with Crippen molar-refractivity contribution in [3.8, 4) is 0 Å². The SMILES string of the molecule is COC(=O)C1[C@@H]2NC(=O)N[C@@]1(C)O[C@@H]1CO[C@H](C)O[C@@H]12. The summed E-state index contributed by atoms with van der Waals surface area (Å²) in [6.07, 6.45) is -1.20.